The van der Waals surface area contributed by atoms with Gasteiger partial charge in [0.25, 0.3) is 0 Å². The van der Waals surface area contributed by atoms with Crippen molar-refractivity contribution in [3.8, 4) is 0 Å². The Morgan fingerprint density at radius 3 is 1.61 bits per heavy atom. The first-order valence-corrected chi connectivity index (χ1v) is 25.7. The van der Waals surface area contributed by atoms with Crippen LogP contribution in [0.3, 0.4) is 0 Å². The molecule has 0 aliphatic carbocycles. The number of hydrogen-bond donors (Lipinski definition) is 4. The first kappa shape index (κ1) is 60.2. The topological polar surface area (TPSA) is 176 Å². The molecule has 6 amide bonds. The van der Waals surface area contributed by atoms with E-state index in [9.17, 15) is 28.8 Å². The first-order chi connectivity index (χ1) is 33.2. The van der Waals surface area contributed by atoms with Gasteiger partial charge in [-0.3, -0.25) is 33.8 Å². The molecule has 0 radical (unpaired) electrons. The van der Waals surface area contributed by atoms with Crippen LogP contribution in [0, 0.1) is 10.8 Å². The normalized spacial score (nSPS) is 17.9. The number of ether oxygens (including phenoxy) is 1. The van der Waals surface area contributed by atoms with Crippen LogP contribution in [-0.2, 0) is 41.6 Å². The number of hydrogen-bond acceptors (Lipinski definition) is 10. The van der Waals surface area contributed by atoms with Gasteiger partial charge < -0.3 is 40.7 Å². The van der Waals surface area contributed by atoms with Gasteiger partial charge in [-0.05, 0) is 123 Å². The molecule has 2 aliphatic heterocycles. The highest BCUT2D eigenvalue weighted by molar-refractivity contribution is 5.92. The molecule has 16 nitrogen and oxygen atoms in total. The van der Waals surface area contributed by atoms with E-state index in [-0.39, 0.29) is 54.2 Å². The summed E-state index contributed by atoms with van der Waals surface area (Å²) in [5.74, 6) is -0.650. The maximum Gasteiger partial charge on any atom is 0.410 e. The summed E-state index contributed by atoms with van der Waals surface area (Å²) < 4.78 is 5.39. The van der Waals surface area contributed by atoms with Crippen molar-refractivity contribution in [2.45, 2.75) is 157 Å². The van der Waals surface area contributed by atoms with Gasteiger partial charge >= 0.3 is 6.09 Å². The van der Waals surface area contributed by atoms with E-state index in [0.717, 1.165) is 51.6 Å². The zero-order valence-electron chi connectivity index (χ0n) is 46.0. The van der Waals surface area contributed by atoms with Crippen molar-refractivity contribution in [1.82, 2.24) is 45.8 Å². The molecule has 2 saturated heterocycles. The van der Waals surface area contributed by atoms with E-state index in [4.69, 9.17) is 4.74 Å². The smallest absolute Gasteiger partial charge is 0.410 e. The van der Waals surface area contributed by atoms with E-state index < -0.39 is 40.6 Å². The largest absolute Gasteiger partial charge is 0.444 e. The van der Waals surface area contributed by atoms with Crippen molar-refractivity contribution >= 4 is 35.6 Å². The molecule has 0 aromatic heterocycles. The number of likely N-dealkylation sites (tertiary alicyclic amines) is 2. The Hall–Kier alpha value is -5.06. The lowest BCUT2D eigenvalue weighted by molar-refractivity contribution is -0.142. The molecule has 6 atom stereocenters. The Labute approximate surface area is 426 Å². The fraction of sp³-hybridized carbons (Fsp3) is 0.673. The Balaban J connectivity index is 0.000000375. The van der Waals surface area contributed by atoms with Crippen LogP contribution in [0.15, 0.2) is 60.7 Å². The molecule has 0 unspecified atom stereocenters. The van der Waals surface area contributed by atoms with Crippen molar-refractivity contribution in [1.29, 1.82) is 0 Å². The van der Waals surface area contributed by atoms with Gasteiger partial charge in [0.1, 0.15) is 23.7 Å². The molecule has 2 aromatic rings. The summed E-state index contributed by atoms with van der Waals surface area (Å²) in [5, 5.41) is 12.4. The van der Waals surface area contributed by atoms with Crippen molar-refractivity contribution in [3.05, 3.63) is 71.8 Å². The lowest BCUT2D eigenvalue weighted by atomic mass is 9.85. The van der Waals surface area contributed by atoms with Crippen LogP contribution in [-0.4, -0.2) is 176 Å². The fourth-order valence-corrected chi connectivity index (χ4v) is 8.60. The summed E-state index contributed by atoms with van der Waals surface area (Å²) in [7, 11) is 7.00. The lowest BCUT2D eigenvalue weighted by Crippen LogP contribution is -2.59. The molecule has 71 heavy (non-hydrogen) atoms. The SMILES string of the molecule is CNCC(=O)N(CCc1ccccc1)C[C@@H]1CCCN1C(=O)[C@@H](NC(=O)[C@H](C)N(C)C)C(C)(C)C.C[C@@H](C(=O)N[C@H](C(=O)N1CCC[C@H]1CNCCc1ccccc1)C(C)(C)C)N(C)C(=O)OC(C)(C)C. The average molecular weight is 990 g/mol. The number of rotatable bonds is 20. The lowest BCUT2D eigenvalue weighted by Gasteiger charge is -2.38. The van der Waals surface area contributed by atoms with Gasteiger partial charge in [0, 0.05) is 51.9 Å². The highest BCUT2D eigenvalue weighted by Crippen LogP contribution is 2.28. The Kier molecular flexibility index (Phi) is 23.5. The summed E-state index contributed by atoms with van der Waals surface area (Å²) in [6.07, 6.45) is 4.74. The van der Waals surface area contributed by atoms with E-state index in [1.807, 2.05) is 119 Å². The number of carbonyl (C=O) groups is 6. The maximum atomic E-state index is 13.8. The van der Waals surface area contributed by atoms with Gasteiger partial charge in [0.15, 0.2) is 0 Å². The monoisotopic (exact) mass is 990 g/mol. The molecule has 0 saturated carbocycles. The highest BCUT2D eigenvalue weighted by atomic mass is 16.6. The molecule has 16 heteroatoms. The Morgan fingerprint density at radius 1 is 0.676 bits per heavy atom. The van der Waals surface area contributed by atoms with Crippen molar-refractivity contribution < 1.29 is 33.5 Å². The number of nitrogens with zero attached hydrogens (tertiary/aromatic N) is 5. The molecule has 2 aliphatic rings. The zero-order valence-corrected chi connectivity index (χ0v) is 46.0. The van der Waals surface area contributed by atoms with Gasteiger partial charge in [-0.2, -0.15) is 0 Å². The summed E-state index contributed by atoms with van der Waals surface area (Å²) in [6.45, 7) is 24.8. The predicted octanol–water partition coefficient (Wildman–Crippen LogP) is 5.35. The second kappa shape index (κ2) is 27.7. The third kappa shape index (κ3) is 19.5. The minimum absolute atomic E-state index is 0.0308. The third-order valence-electron chi connectivity index (χ3n) is 13.4. The molecule has 398 valence electrons. The van der Waals surface area contributed by atoms with Crippen molar-refractivity contribution in [2.24, 2.45) is 10.8 Å². The summed E-state index contributed by atoms with van der Waals surface area (Å²) in [6, 6.07) is 18.0. The van der Waals surface area contributed by atoms with Gasteiger partial charge in [0.2, 0.25) is 29.5 Å². The number of likely N-dealkylation sites (N-methyl/N-ethyl adjacent to an activating group) is 3. The predicted molar refractivity (Wildman–Crippen MR) is 283 cm³/mol. The number of nitrogens with one attached hydrogen (secondary N) is 4. The standard InChI is InChI=1S/C28H46N4O4.C27H45N5O3/c1-20(31(8)26(35)36-28(5,6)7)24(33)30-23(27(2,3)4)25(34)32-18-12-15-22(32)19-29-17-16-21-13-10-9-11-14-21;1-20(30(6)7)25(34)29-24(27(2,3)4)26(35)32-16-11-14-22(32)19-31(23(33)18-28-5)17-15-21-12-9-8-10-13-21/h9-11,13-14,20,22-23,29H,12,15-19H2,1-8H3,(H,30,33);8-10,12-13,20,22,24,28H,11,14-19H2,1-7H3,(H,29,34)/t20-,22-,23+;20-,22-,24+/m00/s1. The van der Waals surface area contributed by atoms with Crippen LogP contribution in [0.2, 0.25) is 0 Å². The molecule has 4 rings (SSSR count). The molecule has 2 fully saturated rings. The molecular formula is C55H91N9O7. The molecule has 0 spiro atoms. The molecule has 0 bridgehead atoms. The number of carbonyl (C=O) groups excluding carboxylic acids is 6. The van der Waals surface area contributed by atoms with Gasteiger partial charge in [-0.25, -0.2) is 4.79 Å². The first-order valence-electron chi connectivity index (χ1n) is 25.7. The summed E-state index contributed by atoms with van der Waals surface area (Å²) in [5.41, 5.74) is 0.863. The van der Waals surface area contributed by atoms with E-state index in [0.29, 0.717) is 26.2 Å². The Morgan fingerprint density at radius 2 is 1.14 bits per heavy atom. The second-order valence-electron chi connectivity index (χ2n) is 22.7. The Bertz CT molecular complexity index is 2000. The van der Waals surface area contributed by atoms with E-state index >= 15 is 0 Å². The summed E-state index contributed by atoms with van der Waals surface area (Å²) in [4.78, 5) is 87.5. The van der Waals surface area contributed by atoms with E-state index in [1.165, 1.54) is 23.1 Å². The van der Waals surface area contributed by atoms with E-state index in [1.54, 1.807) is 34.7 Å². The molecule has 2 heterocycles. The van der Waals surface area contributed by atoms with Crippen LogP contribution in [0.5, 0.6) is 0 Å². The second-order valence-corrected chi connectivity index (χ2v) is 22.7. The van der Waals surface area contributed by atoms with Gasteiger partial charge in [-0.1, -0.05) is 102 Å². The minimum atomic E-state index is -0.786. The molecule has 4 N–H and O–H groups in total. The van der Waals surface area contributed by atoms with Crippen LogP contribution in [0.1, 0.15) is 113 Å². The van der Waals surface area contributed by atoms with Crippen LogP contribution in [0.25, 0.3) is 0 Å². The van der Waals surface area contributed by atoms with Gasteiger partial charge in [-0.15, -0.1) is 0 Å². The fourth-order valence-electron chi connectivity index (χ4n) is 8.60. The average Bonchev–Trinajstić information content (AvgIpc) is 3.98. The van der Waals surface area contributed by atoms with Crippen LogP contribution >= 0.6 is 0 Å². The van der Waals surface area contributed by atoms with E-state index in [2.05, 4.69) is 45.5 Å². The van der Waals surface area contributed by atoms with Crippen molar-refractivity contribution in [2.75, 3.05) is 74.0 Å². The van der Waals surface area contributed by atoms with Gasteiger partial charge in [0.05, 0.1) is 12.6 Å². The quantitative estimate of drug-likeness (QED) is 0.127. The van der Waals surface area contributed by atoms with Crippen molar-refractivity contribution in [3.63, 3.8) is 0 Å². The third-order valence-corrected chi connectivity index (χ3v) is 13.4. The number of benzene rings is 2. The maximum absolute atomic E-state index is 13.8. The zero-order chi connectivity index (χ0) is 53.3. The number of amides is 6. The highest BCUT2D eigenvalue weighted by Gasteiger charge is 2.42. The van der Waals surface area contributed by atoms with Crippen LogP contribution in [0.4, 0.5) is 4.79 Å². The molecular weight excluding hydrogens is 899 g/mol. The van der Waals surface area contributed by atoms with Crippen LogP contribution < -0.4 is 21.3 Å². The molecule has 2 aromatic carbocycles. The summed E-state index contributed by atoms with van der Waals surface area (Å²) >= 11 is 0. The minimum Gasteiger partial charge on any atom is -0.444 e.